The summed E-state index contributed by atoms with van der Waals surface area (Å²) in [6.07, 6.45) is 2.91. The van der Waals surface area contributed by atoms with Crippen LogP contribution in [0.3, 0.4) is 0 Å². The van der Waals surface area contributed by atoms with Gasteiger partial charge in [-0.15, -0.1) is 0 Å². The van der Waals surface area contributed by atoms with Crippen LogP contribution in [0.2, 0.25) is 0 Å². The van der Waals surface area contributed by atoms with E-state index in [2.05, 4.69) is 0 Å². The van der Waals surface area contributed by atoms with Crippen molar-refractivity contribution in [3.8, 4) is 0 Å². The first-order valence-electron chi connectivity index (χ1n) is 8.18. The quantitative estimate of drug-likeness (QED) is 0.741. The van der Waals surface area contributed by atoms with Crippen molar-refractivity contribution in [1.82, 2.24) is 0 Å². The zero-order chi connectivity index (χ0) is 16.6. The Kier molecular flexibility index (Phi) is 3.05. The molecular formula is C17H26O5. The molecule has 3 atom stereocenters. The Balaban J connectivity index is 2.15. The van der Waals surface area contributed by atoms with Crippen LogP contribution >= 0.6 is 0 Å². The average Bonchev–Trinajstić information content (AvgIpc) is 2.36. The summed E-state index contributed by atoms with van der Waals surface area (Å²) in [6, 6.07) is 0. The molecule has 124 valence electrons. The van der Waals surface area contributed by atoms with Crippen molar-refractivity contribution < 1.29 is 24.9 Å². The topological polar surface area (TPSA) is 94.8 Å². The summed E-state index contributed by atoms with van der Waals surface area (Å²) >= 11 is 0. The maximum Gasteiger partial charge on any atom is 0.309 e. The van der Waals surface area contributed by atoms with Crippen LogP contribution in [0.15, 0.2) is 0 Å². The first-order chi connectivity index (χ1) is 9.99. The fourth-order valence-electron chi connectivity index (χ4n) is 6.09. The lowest BCUT2D eigenvalue weighted by atomic mass is 9.36. The van der Waals surface area contributed by atoms with Gasteiger partial charge in [-0.3, -0.25) is 9.59 Å². The third-order valence-corrected chi connectivity index (χ3v) is 7.17. The highest BCUT2D eigenvalue weighted by molar-refractivity contribution is 5.81. The number of hydrogen-bond acceptors (Lipinski definition) is 3. The predicted molar refractivity (Wildman–Crippen MR) is 79.2 cm³/mol. The van der Waals surface area contributed by atoms with Crippen LogP contribution in [0, 0.1) is 28.1 Å². The summed E-state index contributed by atoms with van der Waals surface area (Å²) in [6.45, 7) is 5.63. The molecule has 5 nitrogen and oxygen atoms in total. The van der Waals surface area contributed by atoms with Crippen LogP contribution < -0.4 is 0 Å². The lowest BCUT2D eigenvalue weighted by Crippen LogP contribution is -2.67. The summed E-state index contributed by atoms with van der Waals surface area (Å²) in [5, 5.41) is 30.8. The lowest BCUT2D eigenvalue weighted by molar-refractivity contribution is -0.244. The number of hydrogen-bond donors (Lipinski definition) is 3. The van der Waals surface area contributed by atoms with Gasteiger partial charge in [0, 0.05) is 5.41 Å². The molecule has 4 aliphatic rings. The summed E-state index contributed by atoms with van der Waals surface area (Å²) in [5.41, 5.74) is -3.60. The third-order valence-electron chi connectivity index (χ3n) is 7.17. The van der Waals surface area contributed by atoms with Gasteiger partial charge in [-0.05, 0) is 57.3 Å². The van der Waals surface area contributed by atoms with Gasteiger partial charge in [0.05, 0.1) is 16.4 Å². The molecule has 0 amide bonds. The highest BCUT2D eigenvalue weighted by atomic mass is 16.4. The standard InChI is InChI=1S/C17H26O5/c1-10(2)14(3,22)17-6-11-4-15(8-17,12(18)19)7-16(5-11,9-17)13(20)21/h10-11,22H,4-9H2,1-3H3,(H,18,19)(H,20,21). The van der Waals surface area contributed by atoms with Crippen LogP contribution in [0.5, 0.6) is 0 Å². The van der Waals surface area contributed by atoms with Gasteiger partial charge in [0.1, 0.15) is 0 Å². The van der Waals surface area contributed by atoms with E-state index in [0.717, 1.165) is 6.42 Å². The van der Waals surface area contributed by atoms with Crippen molar-refractivity contribution >= 4 is 11.9 Å². The van der Waals surface area contributed by atoms with E-state index in [4.69, 9.17) is 0 Å². The molecule has 0 aromatic heterocycles. The van der Waals surface area contributed by atoms with Crippen LogP contribution in [0.1, 0.15) is 59.3 Å². The van der Waals surface area contributed by atoms with Crippen molar-refractivity contribution in [3.63, 3.8) is 0 Å². The number of carboxylic acids is 2. The second-order valence-corrected chi connectivity index (χ2v) is 8.76. The molecule has 22 heavy (non-hydrogen) atoms. The number of aliphatic carboxylic acids is 2. The second kappa shape index (κ2) is 4.25. The summed E-state index contributed by atoms with van der Waals surface area (Å²) < 4.78 is 0. The molecule has 5 heteroatoms. The van der Waals surface area contributed by atoms with Gasteiger partial charge in [0.15, 0.2) is 0 Å². The minimum Gasteiger partial charge on any atom is -0.481 e. The monoisotopic (exact) mass is 310 g/mol. The van der Waals surface area contributed by atoms with Crippen LogP contribution in [-0.4, -0.2) is 32.9 Å². The molecule has 0 heterocycles. The third kappa shape index (κ3) is 1.75. The molecule has 3 N–H and O–H groups in total. The largest absolute Gasteiger partial charge is 0.481 e. The molecule has 3 unspecified atom stereocenters. The van der Waals surface area contributed by atoms with Crippen molar-refractivity contribution in [2.24, 2.45) is 28.1 Å². The van der Waals surface area contributed by atoms with Crippen LogP contribution in [0.4, 0.5) is 0 Å². The zero-order valence-electron chi connectivity index (χ0n) is 13.6. The minimum absolute atomic E-state index is 0.0413. The molecule has 4 aliphatic carbocycles. The number of aliphatic hydroxyl groups is 1. The molecule has 4 rings (SSSR count). The van der Waals surface area contributed by atoms with Crippen molar-refractivity contribution in [3.05, 3.63) is 0 Å². The van der Waals surface area contributed by atoms with E-state index < -0.39 is 33.8 Å². The van der Waals surface area contributed by atoms with Gasteiger partial charge < -0.3 is 15.3 Å². The zero-order valence-corrected chi connectivity index (χ0v) is 13.6. The molecule has 0 saturated heterocycles. The van der Waals surface area contributed by atoms with E-state index in [1.807, 2.05) is 13.8 Å². The summed E-state index contributed by atoms with van der Waals surface area (Å²) in [5.74, 6) is -1.72. The predicted octanol–water partition coefficient (Wildman–Crippen LogP) is 2.52. The van der Waals surface area contributed by atoms with Crippen LogP contribution in [0.25, 0.3) is 0 Å². The van der Waals surface area contributed by atoms with Crippen molar-refractivity contribution in [1.29, 1.82) is 0 Å². The van der Waals surface area contributed by atoms with E-state index in [1.54, 1.807) is 6.92 Å². The molecule has 4 saturated carbocycles. The second-order valence-electron chi connectivity index (χ2n) is 8.76. The molecule has 0 aliphatic heterocycles. The number of rotatable bonds is 4. The highest BCUT2D eigenvalue weighted by Gasteiger charge is 2.72. The smallest absolute Gasteiger partial charge is 0.309 e. The molecule has 4 fully saturated rings. The Morgan fingerprint density at radius 2 is 1.45 bits per heavy atom. The molecule has 0 aromatic rings. The maximum absolute atomic E-state index is 12.0. The molecule has 0 radical (unpaired) electrons. The van der Waals surface area contributed by atoms with E-state index in [-0.39, 0.29) is 18.3 Å². The Labute approximate surface area is 130 Å². The Bertz CT molecular complexity index is 505. The molecule has 0 spiro atoms. The maximum atomic E-state index is 12.0. The van der Waals surface area contributed by atoms with Crippen molar-refractivity contribution in [2.45, 2.75) is 64.9 Å². The van der Waals surface area contributed by atoms with Gasteiger partial charge in [-0.25, -0.2) is 0 Å². The summed E-state index contributed by atoms with van der Waals surface area (Å²) in [7, 11) is 0. The molecular weight excluding hydrogens is 284 g/mol. The van der Waals surface area contributed by atoms with E-state index in [1.165, 1.54) is 0 Å². The van der Waals surface area contributed by atoms with E-state index in [9.17, 15) is 24.9 Å². The average molecular weight is 310 g/mol. The lowest BCUT2D eigenvalue weighted by Gasteiger charge is -2.67. The Hall–Kier alpha value is -1.10. The van der Waals surface area contributed by atoms with Crippen LogP contribution in [-0.2, 0) is 9.59 Å². The summed E-state index contributed by atoms with van der Waals surface area (Å²) in [4.78, 5) is 24.0. The minimum atomic E-state index is -1.05. The fourth-order valence-corrected chi connectivity index (χ4v) is 6.09. The van der Waals surface area contributed by atoms with E-state index in [0.29, 0.717) is 25.7 Å². The normalized spacial score (nSPS) is 45.8. The first kappa shape index (κ1) is 15.8. The number of carbonyl (C=O) groups is 2. The van der Waals surface area contributed by atoms with Gasteiger partial charge in [0.25, 0.3) is 0 Å². The van der Waals surface area contributed by atoms with Gasteiger partial charge in [-0.2, -0.15) is 0 Å². The Morgan fingerprint density at radius 1 is 1.00 bits per heavy atom. The van der Waals surface area contributed by atoms with E-state index >= 15 is 0 Å². The highest BCUT2D eigenvalue weighted by Crippen LogP contribution is 2.73. The van der Waals surface area contributed by atoms with Gasteiger partial charge >= 0.3 is 11.9 Å². The van der Waals surface area contributed by atoms with Gasteiger partial charge in [-0.1, -0.05) is 13.8 Å². The molecule has 4 bridgehead atoms. The molecule has 0 aromatic carbocycles. The first-order valence-corrected chi connectivity index (χ1v) is 8.18. The van der Waals surface area contributed by atoms with Crippen molar-refractivity contribution in [2.75, 3.05) is 0 Å². The Morgan fingerprint density at radius 3 is 1.82 bits per heavy atom. The van der Waals surface area contributed by atoms with Gasteiger partial charge in [0.2, 0.25) is 0 Å². The fraction of sp³-hybridized carbons (Fsp3) is 0.882. The number of carboxylic acid groups (broad SMARTS) is 2. The SMILES string of the molecule is CC(C)C(C)(O)C12CC3CC(C(=O)O)(CC(C(=O)O)(C3)C1)C2.